The van der Waals surface area contributed by atoms with Crippen molar-refractivity contribution in [3.8, 4) is 0 Å². The third-order valence-electron chi connectivity index (χ3n) is 2.37. The van der Waals surface area contributed by atoms with Crippen LogP contribution in [0.5, 0.6) is 0 Å². The second kappa shape index (κ2) is 3.76. The molecule has 1 saturated carbocycles. The van der Waals surface area contributed by atoms with Gasteiger partial charge in [0.25, 0.3) is 0 Å². The molecule has 0 amide bonds. The Balaban J connectivity index is 2.19. The summed E-state index contributed by atoms with van der Waals surface area (Å²) in [5.74, 6) is 0. The number of halogens is 1. The van der Waals surface area contributed by atoms with Gasteiger partial charge in [0.1, 0.15) is 0 Å². The third-order valence-corrected chi connectivity index (χ3v) is 7.34. The molecule has 1 aliphatic carbocycles. The summed E-state index contributed by atoms with van der Waals surface area (Å²) in [6, 6.07) is 0. The van der Waals surface area contributed by atoms with Crippen molar-refractivity contribution in [2.75, 3.05) is 6.26 Å². The lowest BCUT2D eigenvalue weighted by Gasteiger charge is -2.15. The molecular formula is C7H9ClO2S3. The van der Waals surface area contributed by atoms with Gasteiger partial charge in [-0.2, -0.15) is 0 Å². The number of fused-ring (bicyclic) bond motifs is 1. The molecule has 6 heteroatoms. The smallest absolute Gasteiger partial charge is 0.246 e. The zero-order valence-corrected chi connectivity index (χ0v) is 10.1. The highest BCUT2D eigenvalue weighted by atomic mass is 35.5. The molecule has 0 spiro atoms. The fourth-order valence-corrected chi connectivity index (χ4v) is 7.55. The van der Waals surface area contributed by atoms with Crippen LogP contribution < -0.4 is 0 Å². The molecule has 0 N–H and O–H groups in total. The summed E-state index contributed by atoms with van der Waals surface area (Å²) in [4.78, 5) is 11.1. The highest BCUT2D eigenvalue weighted by Gasteiger charge is 2.50. The van der Waals surface area contributed by atoms with Gasteiger partial charge in [-0.3, -0.25) is 9.00 Å². The van der Waals surface area contributed by atoms with E-state index in [1.54, 1.807) is 6.26 Å². The van der Waals surface area contributed by atoms with Crippen molar-refractivity contribution in [1.29, 1.82) is 0 Å². The van der Waals surface area contributed by atoms with Crippen LogP contribution in [0.1, 0.15) is 6.42 Å². The molecule has 1 unspecified atom stereocenters. The molecule has 2 rings (SSSR count). The largest absolute Gasteiger partial charge is 0.274 e. The summed E-state index contributed by atoms with van der Waals surface area (Å²) >= 11 is 8.78. The number of hydrogen-bond donors (Lipinski definition) is 0. The summed E-state index contributed by atoms with van der Waals surface area (Å²) < 4.78 is 11.6. The lowest BCUT2D eigenvalue weighted by atomic mass is 10.3. The zero-order valence-electron chi connectivity index (χ0n) is 6.94. The maximum atomic E-state index is 11.4. The average molecular weight is 257 g/mol. The molecule has 0 aromatic heterocycles. The van der Waals surface area contributed by atoms with Crippen LogP contribution in [0, 0.1) is 0 Å². The fourth-order valence-electron chi connectivity index (χ4n) is 1.82. The minimum atomic E-state index is -0.915. The van der Waals surface area contributed by atoms with Gasteiger partial charge in [-0.1, -0.05) is 23.5 Å². The van der Waals surface area contributed by atoms with Gasteiger partial charge in [0.2, 0.25) is 4.45 Å². The maximum Gasteiger partial charge on any atom is 0.246 e. The Morgan fingerprint density at radius 2 is 2.23 bits per heavy atom. The third kappa shape index (κ3) is 1.80. The first-order valence-corrected chi connectivity index (χ1v) is 7.75. The fraction of sp³-hybridized carbons (Fsp3) is 0.857. The molecule has 1 saturated heterocycles. The molecule has 2 fully saturated rings. The van der Waals surface area contributed by atoms with E-state index in [1.807, 2.05) is 0 Å². The predicted octanol–water partition coefficient (Wildman–Crippen LogP) is 2.08. The second-order valence-corrected chi connectivity index (χ2v) is 7.93. The molecule has 0 radical (unpaired) electrons. The molecular weight excluding hydrogens is 248 g/mol. The number of rotatable bonds is 1. The monoisotopic (exact) mass is 256 g/mol. The first-order valence-electron chi connectivity index (χ1n) is 3.93. The summed E-state index contributed by atoms with van der Waals surface area (Å²) in [6.07, 6.45) is 2.50. The van der Waals surface area contributed by atoms with E-state index >= 15 is 0 Å². The van der Waals surface area contributed by atoms with Crippen LogP contribution in [0.15, 0.2) is 0 Å². The van der Waals surface area contributed by atoms with Gasteiger partial charge < -0.3 is 0 Å². The molecule has 1 heterocycles. The van der Waals surface area contributed by atoms with Gasteiger partial charge >= 0.3 is 0 Å². The van der Waals surface area contributed by atoms with E-state index in [-0.39, 0.29) is 20.3 Å². The minimum Gasteiger partial charge on any atom is -0.274 e. The summed E-state index contributed by atoms with van der Waals surface area (Å²) in [5, 5.41) is 0.462. The summed E-state index contributed by atoms with van der Waals surface area (Å²) in [6.45, 7) is 0. The maximum absolute atomic E-state index is 11.4. The van der Waals surface area contributed by atoms with Crippen molar-refractivity contribution < 1.29 is 9.00 Å². The predicted molar refractivity (Wildman–Crippen MR) is 60.3 cm³/mol. The number of hydrogen-bond acceptors (Lipinski definition) is 4. The van der Waals surface area contributed by atoms with Crippen LogP contribution in [-0.2, 0) is 10.8 Å². The topological polar surface area (TPSA) is 34.1 Å². The van der Waals surface area contributed by atoms with Crippen molar-refractivity contribution in [3.63, 3.8) is 0 Å². The molecule has 13 heavy (non-hydrogen) atoms. The van der Waals surface area contributed by atoms with Crippen LogP contribution in [0.2, 0.25) is 0 Å². The summed E-state index contributed by atoms with van der Waals surface area (Å²) in [7, 11) is -0.915. The van der Waals surface area contributed by atoms with E-state index in [2.05, 4.69) is 0 Å². The van der Waals surface area contributed by atoms with Crippen molar-refractivity contribution in [2.45, 2.75) is 27.5 Å². The lowest BCUT2D eigenvalue weighted by Crippen LogP contribution is -2.29. The quantitative estimate of drug-likeness (QED) is 0.673. The molecule has 1 aliphatic heterocycles. The van der Waals surface area contributed by atoms with Crippen molar-refractivity contribution in [2.24, 2.45) is 0 Å². The van der Waals surface area contributed by atoms with Crippen molar-refractivity contribution in [3.05, 3.63) is 0 Å². The summed E-state index contributed by atoms with van der Waals surface area (Å²) in [5.41, 5.74) is 0. The molecule has 0 aromatic rings. The first-order chi connectivity index (χ1) is 6.09. The van der Waals surface area contributed by atoms with E-state index in [9.17, 15) is 9.00 Å². The van der Waals surface area contributed by atoms with E-state index in [0.717, 1.165) is 6.42 Å². The number of carbonyl (C=O) groups excluding carboxylic acids is 1. The first kappa shape index (κ1) is 10.3. The van der Waals surface area contributed by atoms with Crippen LogP contribution in [0.4, 0.5) is 4.79 Å². The molecule has 74 valence electrons. The molecule has 2 nitrogen and oxygen atoms in total. The Labute approximate surface area is 93.0 Å². The lowest BCUT2D eigenvalue weighted by molar-refractivity contribution is 0.277. The second-order valence-electron chi connectivity index (χ2n) is 3.20. The Kier molecular flexibility index (Phi) is 2.99. The zero-order chi connectivity index (χ0) is 9.59. The van der Waals surface area contributed by atoms with Crippen molar-refractivity contribution in [1.82, 2.24) is 0 Å². The highest BCUT2D eigenvalue weighted by Crippen LogP contribution is 2.50. The Morgan fingerprint density at radius 1 is 1.54 bits per heavy atom. The highest BCUT2D eigenvalue weighted by molar-refractivity contribution is 8.41. The number of carbonyl (C=O) groups is 1. The molecule has 0 aromatic carbocycles. The standard InChI is InChI=1S/C7H9ClO2S3/c1-13(10)6-3(8)2-4-5(6)12-7(9)11-4/h3-6H,2H2,1H3/t3-,4+,5+,6+,13?/m1/s1. The molecule has 0 bridgehead atoms. The van der Waals surface area contributed by atoms with Crippen LogP contribution >= 0.6 is 35.1 Å². The van der Waals surface area contributed by atoms with Crippen molar-refractivity contribution >= 4 is 50.4 Å². The van der Waals surface area contributed by atoms with Gasteiger partial charge in [0, 0.05) is 27.6 Å². The molecule has 2 aliphatic rings. The number of thioether (sulfide) groups is 2. The van der Waals surface area contributed by atoms with Crippen LogP contribution in [0.25, 0.3) is 0 Å². The Hall–Kier alpha value is 0.810. The SMILES string of the molecule is CS(=O)[C@@H]1[C@H]2SC(=O)S[C@H]2C[C@H]1Cl. The van der Waals surface area contributed by atoms with Gasteiger partial charge in [0.15, 0.2) is 0 Å². The van der Waals surface area contributed by atoms with E-state index in [0.29, 0.717) is 5.25 Å². The number of alkyl halides is 1. The molecule has 5 atom stereocenters. The Bertz CT molecular complexity index is 270. The van der Waals surface area contributed by atoms with Gasteiger partial charge in [-0.15, -0.1) is 11.6 Å². The minimum absolute atomic E-state index is 0.00406. The van der Waals surface area contributed by atoms with E-state index < -0.39 is 10.8 Å². The van der Waals surface area contributed by atoms with Crippen LogP contribution in [-0.4, -0.2) is 36.0 Å². The van der Waals surface area contributed by atoms with E-state index in [1.165, 1.54) is 23.5 Å². The van der Waals surface area contributed by atoms with Gasteiger partial charge in [-0.25, -0.2) is 0 Å². The van der Waals surface area contributed by atoms with E-state index in [4.69, 9.17) is 11.6 Å². The van der Waals surface area contributed by atoms with Gasteiger partial charge in [0.05, 0.1) is 10.6 Å². The average Bonchev–Trinajstić information content (AvgIpc) is 2.41. The normalized spacial score (nSPS) is 46.5. The van der Waals surface area contributed by atoms with Gasteiger partial charge in [-0.05, 0) is 6.42 Å². The Morgan fingerprint density at radius 3 is 2.85 bits per heavy atom. The van der Waals surface area contributed by atoms with Crippen LogP contribution in [0.3, 0.4) is 0 Å².